The molecular weight excluding hydrogens is 558 g/mol. The maximum atomic E-state index is 14.3. The van der Waals surface area contributed by atoms with Crippen LogP contribution in [0.5, 0.6) is 5.75 Å². The SMILES string of the molecule is Cn1nnc2cc(COc3cccc4c3C(CN3Cc5ccccc5C3=O)N(C(=O)[C@@H]3CCCC[C@@H]3C(=O)O)CC4)ccc21. The van der Waals surface area contributed by atoms with E-state index in [0.29, 0.717) is 56.8 Å². The molecule has 7 rings (SSSR count). The second kappa shape index (κ2) is 11.4. The summed E-state index contributed by atoms with van der Waals surface area (Å²) in [6, 6.07) is 19.0. The normalized spacial score (nSPS) is 21.3. The number of carboxylic acids is 1. The van der Waals surface area contributed by atoms with Gasteiger partial charge < -0.3 is 19.6 Å². The molecule has 44 heavy (non-hydrogen) atoms. The van der Waals surface area contributed by atoms with Crippen molar-refractivity contribution in [2.24, 2.45) is 18.9 Å². The third-order valence-electron chi connectivity index (χ3n) is 9.53. The number of amides is 2. The zero-order valence-corrected chi connectivity index (χ0v) is 24.7. The van der Waals surface area contributed by atoms with Crippen molar-refractivity contribution in [2.75, 3.05) is 13.1 Å². The number of aromatic nitrogens is 3. The van der Waals surface area contributed by atoms with E-state index >= 15 is 0 Å². The Labute approximate surface area is 255 Å². The van der Waals surface area contributed by atoms with Gasteiger partial charge in [-0.3, -0.25) is 14.4 Å². The van der Waals surface area contributed by atoms with Gasteiger partial charge in [0.15, 0.2) is 0 Å². The van der Waals surface area contributed by atoms with Gasteiger partial charge in [0.05, 0.1) is 23.4 Å². The number of fused-ring (bicyclic) bond motifs is 3. The second-order valence-electron chi connectivity index (χ2n) is 12.1. The first-order valence-corrected chi connectivity index (χ1v) is 15.3. The van der Waals surface area contributed by atoms with Gasteiger partial charge in [-0.05, 0) is 60.2 Å². The van der Waals surface area contributed by atoms with Crippen LogP contribution in [0, 0.1) is 11.8 Å². The van der Waals surface area contributed by atoms with Crippen molar-refractivity contribution in [3.05, 3.63) is 88.5 Å². The lowest BCUT2D eigenvalue weighted by Crippen LogP contribution is -2.49. The van der Waals surface area contributed by atoms with Gasteiger partial charge in [-0.1, -0.05) is 54.5 Å². The molecule has 0 saturated heterocycles. The van der Waals surface area contributed by atoms with Crippen LogP contribution in [-0.2, 0) is 36.2 Å². The average molecular weight is 594 g/mol. The first-order valence-electron chi connectivity index (χ1n) is 15.3. The number of hydrogen-bond donors (Lipinski definition) is 1. The topological polar surface area (TPSA) is 118 Å². The van der Waals surface area contributed by atoms with Gasteiger partial charge in [-0.2, -0.15) is 0 Å². The van der Waals surface area contributed by atoms with Crippen molar-refractivity contribution >= 4 is 28.8 Å². The molecule has 1 aromatic heterocycles. The maximum Gasteiger partial charge on any atom is 0.307 e. The van der Waals surface area contributed by atoms with E-state index < -0.39 is 23.8 Å². The molecule has 1 unspecified atom stereocenters. The van der Waals surface area contributed by atoms with Crippen LogP contribution in [-0.4, -0.2) is 60.8 Å². The standard InChI is InChI=1S/C34H35N5O5/c1-37-28-14-13-21(17-27(28)35-36-37)20-44-30-12-6-8-22-15-16-39(33(41)25-10-4-5-11-26(25)34(42)43)29(31(22)30)19-38-18-23-7-2-3-9-24(23)32(38)40/h2-3,6-9,12-14,17,25-26,29H,4-5,10-11,15-16,18-20H2,1H3,(H,42,43)/t25-,26+,29?/m1/s1. The number of carbonyl (C=O) groups excluding carboxylic acids is 2. The lowest BCUT2D eigenvalue weighted by molar-refractivity contribution is -0.153. The minimum absolute atomic E-state index is 0.0585. The summed E-state index contributed by atoms with van der Waals surface area (Å²) >= 11 is 0. The largest absolute Gasteiger partial charge is 0.489 e. The predicted molar refractivity (Wildman–Crippen MR) is 162 cm³/mol. The molecule has 3 aromatic carbocycles. The summed E-state index contributed by atoms with van der Waals surface area (Å²) in [6.45, 7) is 1.51. The van der Waals surface area contributed by atoms with E-state index in [4.69, 9.17) is 4.74 Å². The molecule has 10 heteroatoms. The Kier molecular flexibility index (Phi) is 7.27. The van der Waals surface area contributed by atoms with Crippen LogP contribution in [0.3, 0.4) is 0 Å². The van der Waals surface area contributed by atoms with Crippen LogP contribution in [0.15, 0.2) is 60.7 Å². The van der Waals surface area contributed by atoms with Crippen LogP contribution >= 0.6 is 0 Å². The summed E-state index contributed by atoms with van der Waals surface area (Å²) in [5.74, 6) is -1.73. The first kappa shape index (κ1) is 28.1. The van der Waals surface area contributed by atoms with Gasteiger partial charge in [-0.15, -0.1) is 5.10 Å². The third kappa shape index (κ3) is 4.98. The molecule has 1 saturated carbocycles. The van der Waals surface area contributed by atoms with Crippen LogP contribution in [0.2, 0.25) is 0 Å². The van der Waals surface area contributed by atoms with Gasteiger partial charge in [0.2, 0.25) is 5.91 Å². The Balaban J connectivity index is 1.23. The number of carbonyl (C=O) groups is 3. The summed E-state index contributed by atoms with van der Waals surface area (Å²) in [5.41, 5.74) is 6.26. The van der Waals surface area contributed by atoms with Crippen LogP contribution in [0.4, 0.5) is 0 Å². The van der Waals surface area contributed by atoms with Crippen LogP contribution < -0.4 is 4.74 Å². The second-order valence-corrected chi connectivity index (χ2v) is 12.1. The van der Waals surface area contributed by atoms with Gasteiger partial charge in [0.1, 0.15) is 17.9 Å². The fourth-order valence-electron chi connectivity index (χ4n) is 7.26. The summed E-state index contributed by atoms with van der Waals surface area (Å²) in [4.78, 5) is 43.6. The predicted octanol–water partition coefficient (Wildman–Crippen LogP) is 4.52. The highest BCUT2D eigenvalue weighted by Gasteiger charge is 2.43. The van der Waals surface area contributed by atoms with Crippen molar-refractivity contribution in [1.29, 1.82) is 0 Å². The Hall–Kier alpha value is -4.73. The molecule has 2 aliphatic heterocycles. The number of carboxylic acid groups (broad SMARTS) is 1. The smallest absolute Gasteiger partial charge is 0.307 e. The molecule has 0 bridgehead atoms. The van der Waals surface area contributed by atoms with Gasteiger partial charge >= 0.3 is 5.97 Å². The molecule has 0 spiro atoms. The number of benzene rings is 3. The molecule has 10 nitrogen and oxygen atoms in total. The Morgan fingerprint density at radius 3 is 2.61 bits per heavy atom. The lowest BCUT2D eigenvalue weighted by atomic mass is 9.77. The fourth-order valence-corrected chi connectivity index (χ4v) is 7.26. The number of aryl methyl sites for hydroxylation is 1. The van der Waals surface area contributed by atoms with E-state index in [2.05, 4.69) is 16.4 Å². The van der Waals surface area contributed by atoms with Crippen molar-refractivity contribution < 1.29 is 24.2 Å². The number of aliphatic carboxylic acids is 1. The van der Waals surface area contributed by atoms with E-state index in [1.165, 1.54) is 0 Å². The van der Waals surface area contributed by atoms with E-state index in [1.54, 1.807) is 9.58 Å². The van der Waals surface area contributed by atoms with Crippen LogP contribution in [0.1, 0.15) is 64.3 Å². The van der Waals surface area contributed by atoms with E-state index in [-0.39, 0.29) is 11.8 Å². The zero-order chi connectivity index (χ0) is 30.4. The number of nitrogens with zero attached hydrogens (tertiary/aromatic N) is 5. The molecule has 2 amide bonds. The highest BCUT2D eigenvalue weighted by Crippen LogP contribution is 2.41. The van der Waals surface area contributed by atoms with Gasteiger partial charge in [-0.25, -0.2) is 4.68 Å². The molecule has 0 radical (unpaired) electrons. The molecule has 4 aromatic rings. The van der Waals surface area contributed by atoms with Gasteiger partial charge in [0.25, 0.3) is 5.91 Å². The molecule has 1 aliphatic carbocycles. The Morgan fingerprint density at radius 1 is 1.00 bits per heavy atom. The molecule has 3 aliphatic rings. The van der Waals surface area contributed by atoms with E-state index in [9.17, 15) is 19.5 Å². The highest BCUT2D eigenvalue weighted by molar-refractivity contribution is 5.98. The first-order chi connectivity index (χ1) is 21.4. The van der Waals surface area contributed by atoms with Crippen molar-refractivity contribution in [3.63, 3.8) is 0 Å². The lowest BCUT2D eigenvalue weighted by Gasteiger charge is -2.42. The number of ether oxygens (including phenoxy) is 1. The maximum absolute atomic E-state index is 14.3. The summed E-state index contributed by atoms with van der Waals surface area (Å²) in [6.07, 6.45) is 3.33. The minimum atomic E-state index is -0.911. The monoisotopic (exact) mass is 593 g/mol. The summed E-state index contributed by atoms with van der Waals surface area (Å²) in [5, 5.41) is 18.3. The molecule has 1 N–H and O–H groups in total. The van der Waals surface area contributed by atoms with Crippen molar-refractivity contribution in [3.8, 4) is 5.75 Å². The zero-order valence-electron chi connectivity index (χ0n) is 24.7. The minimum Gasteiger partial charge on any atom is -0.489 e. The third-order valence-corrected chi connectivity index (χ3v) is 9.53. The quantitative estimate of drug-likeness (QED) is 0.335. The van der Waals surface area contributed by atoms with E-state index in [1.807, 2.05) is 66.5 Å². The Morgan fingerprint density at radius 2 is 1.80 bits per heavy atom. The van der Waals surface area contributed by atoms with Crippen molar-refractivity contribution in [1.82, 2.24) is 24.8 Å². The molecule has 1 fully saturated rings. The highest BCUT2D eigenvalue weighted by atomic mass is 16.5. The molecular formula is C34H35N5O5. The number of rotatable bonds is 7. The molecule has 226 valence electrons. The van der Waals surface area contributed by atoms with Gasteiger partial charge in [0, 0.05) is 37.8 Å². The summed E-state index contributed by atoms with van der Waals surface area (Å²) < 4.78 is 8.20. The average Bonchev–Trinajstić information content (AvgIpc) is 3.57. The van der Waals surface area contributed by atoms with Crippen molar-refractivity contribution in [2.45, 2.75) is 51.3 Å². The molecule has 3 atom stereocenters. The Bertz CT molecular complexity index is 1770. The fraction of sp³-hybridized carbons (Fsp3) is 0.382. The summed E-state index contributed by atoms with van der Waals surface area (Å²) in [7, 11) is 1.85. The van der Waals surface area contributed by atoms with E-state index in [0.717, 1.165) is 46.1 Å². The molecule has 3 heterocycles. The number of hydrogen-bond acceptors (Lipinski definition) is 6. The van der Waals surface area contributed by atoms with Crippen LogP contribution in [0.25, 0.3) is 11.0 Å².